The molecule has 0 bridgehead atoms. The number of rotatable bonds is 7. The zero-order valence-corrected chi connectivity index (χ0v) is 15.1. The number of hydrogen-bond donors (Lipinski definition) is 3. The number of amides is 2. The molecule has 0 saturated carbocycles. The summed E-state index contributed by atoms with van der Waals surface area (Å²) in [7, 11) is 2.98. The highest BCUT2D eigenvalue weighted by molar-refractivity contribution is 5.99. The molecule has 1 heterocycles. The lowest BCUT2D eigenvalue weighted by Crippen LogP contribution is -2.33. The van der Waals surface area contributed by atoms with Crippen molar-refractivity contribution in [3.8, 4) is 11.5 Å². The zero-order valence-electron chi connectivity index (χ0n) is 15.1. The lowest BCUT2D eigenvalue weighted by Gasteiger charge is -2.22. The molecule has 0 radical (unpaired) electrons. The molecule has 1 atom stereocenters. The second-order valence-electron chi connectivity index (χ2n) is 6.20. The first-order chi connectivity index (χ1) is 12.0. The predicted octanol–water partition coefficient (Wildman–Crippen LogP) is 1.78. The van der Waals surface area contributed by atoms with Crippen molar-refractivity contribution in [2.24, 2.45) is 5.92 Å². The number of benzene rings is 1. The summed E-state index contributed by atoms with van der Waals surface area (Å²) < 4.78 is 10.6. The summed E-state index contributed by atoms with van der Waals surface area (Å²) >= 11 is 0. The van der Waals surface area contributed by atoms with Crippen molar-refractivity contribution in [3.63, 3.8) is 0 Å². The minimum absolute atomic E-state index is 0.198. The van der Waals surface area contributed by atoms with Gasteiger partial charge in [-0.3, -0.25) is 9.59 Å². The molecular weight excluding hydrogens is 322 g/mol. The molecule has 25 heavy (non-hydrogen) atoms. The lowest BCUT2D eigenvalue weighted by molar-refractivity contribution is -0.114. The van der Waals surface area contributed by atoms with Crippen molar-refractivity contribution >= 4 is 17.5 Å². The normalized spacial score (nSPS) is 16.8. The van der Waals surface area contributed by atoms with E-state index in [1.54, 1.807) is 12.1 Å². The van der Waals surface area contributed by atoms with Gasteiger partial charge in [0.1, 0.15) is 0 Å². The van der Waals surface area contributed by atoms with Crippen molar-refractivity contribution in [3.05, 3.63) is 17.7 Å². The molecule has 1 aromatic rings. The molecule has 1 unspecified atom stereocenters. The molecule has 2 rings (SSSR count). The van der Waals surface area contributed by atoms with Crippen LogP contribution in [0.4, 0.5) is 5.69 Å². The SMILES string of the molecule is COc1cc(C(=O)NCCC2CCCNC2)cc(NC(C)=O)c1OC. The van der Waals surface area contributed by atoms with Crippen LogP contribution in [0.15, 0.2) is 12.1 Å². The first-order valence-corrected chi connectivity index (χ1v) is 8.57. The molecule has 138 valence electrons. The van der Waals surface area contributed by atoms with Crippen LogP contribution in [-0.2, 0) is 4.79 Å². The van der Waals surface area contributed by atoms with Gasteiger partial charge < -0.3 is 25.4 Å². The van der Waals surface area contributed by atoms with Crippen LogP contribution < -0.4 is 25.4 Å². The van der Waals surface area contributed by atoms with Gasteiger partial charge in [-0.2, -0.15) is 0 Å². The summed E-state index contributed by atoms with van der Waals surface area (Å²) in [5.74, 6) is 0.950. The number of hydrogen-bond acceptors (Lipinski definition) is 5. The van der Waals surface area contributed by atoms with Gasteiger partial charge in [-0.15, -0.1) is 0 Å². The molecule has 1 fully saturated rings. The maximum absolute atomic E-state index is 12.5. The molecule has 1 aliphatic heterocycles. The van der Waals surface area contributed by atoms with E-state index in [9.17, 15) is 9.59 Å². The smallest absolute Gasteiger partial charge is 0.251 e. The van der Waals surface area contributed by atoms with Crippen LogP contribution in [0.2, 0.25) is 0 Å². The van der Waals surface area contributed by atoms with E-state index in [2.05, 4.69) is 16.0 Å². The minimum Gasteiger partial charge on any atom is -0.493 e. The highest BCUT2D eigenvalue weighted by atomic mass is 16.5. The third kappa shape index (κ3) is 5.35. The van der Waals surface area contributed by atoms with Crippen LogP contribution in [0.5, 0.6) is 11.5 Å². The maximum Gasteiger partial charge on any atom is 0.251 e. The molecule has 1 saturated heterocycles. The highest BCUT2D eigenvalue weighted by Crippen LogP contribution is 2.36. The number of ether oxygens (including phenoxy) is 2. The third-order valence-electron chi connectivity index (χ3n) is 4.29. The van der Waals surface area contributed by atoms with E-state index in [0.717, 1.165) is 19.5 Å². The molecule has 0 aliphatic carbocycles. The number of methoxy groups -OCH3 is 2. The van der Waals surface area contributed by atoms with Crippen molar-refractivity contribution in [1.29, 1.82) is 0 Å². The number of nitrogens with one attached hydrogen (secondary N) is 3. The Hall–Kier alpha value is -2.28. The topological polar surface area (TPSA) is 88.7 Å². The first-order valence-electron chi connectivity index (χ1n) is 8.57. The Bertz CT molecular complexity index is 613. The van der Waals surface area contributed by atoms with Gasteiger partial charge >= 0.3 is 0 Å². The Labute approximate surface area is 148 Å². The summed E-state index contributed by atoms with van der Waals surface area (Å²) in [4.78, 5) is 23.9. The van der Waals surface area contributed by atoms with Crippen LogP contribution in [0, 0.1) is 5.92 Å². The molecule has 1 aliphatic rings. The number of carbonyl (C=O) groups excluding carboxylic acids is 2. The molecule has 0 aromatic heterocycles. The van der Waals surface area contributed by atoms with Crippen molar-refractivity contribution in [2.45, 2.75) is 26.2 Å². The number of piperidine rings is 1. The van der Waals surface area contributed by atoms with E-state index in [1.165, 1.54) is 34.0 Å². The van der Waals surface area contributed by atoms with Crippen LogP contribution >= 0.6 is 0 Å². The van der Waals surface area contributed by atoms with E-state index in [0.29, 0.717) is 35.2 Å². The van der Waals surface area contributed by atoms with E-state index < -0.39 is 0 Å². The molecule has 2 amide bonds. The third-order valence-corrected chi connectivity index (χ3v) is 4.29. The maximum atomic E-state index is 12.5. The van der Waals surface area contributed by atoms with Crippen molar-refractivity contribution < 1.29 is 19.1 Å². The Morgan fingerprint density at radius 2 is 2.08 bits per heavy atom. The van der Waals surface area contributed by atoms with Gasteiger partial charge in [-0.1, -0.05) is 0 Å². The van der Waals surface area contributed by atoms with E-state index in [-0.39, 0.29) is 11.8 Å². The monoisotopic (exact) mass is 349 g/mol. The molecule has 7 heteroatoms. The van der Waals surface area contributed by atoms with Gasteiger partial charge in [0.05, 0.1) is 19.9 Å². The molecular formula is C18H27N3O4. The number of anilines is 1. The van der Waals surface area contributed by atoms with Crippen molar-refractivity contribution in [2.75, 3.05) is 39.2 Å². The Kier molecular flexibility index (Phi) is 7.06. The van der Waals surface area contributed by atoms with Gasteiger partial charge in [0.15, 0.2) is 11.5 Å². The van der Waals surface area contributed by atoms with Crippen molar-refractivity contribution in [1.82, 2.24) is 10.6 Å². The molecule has 0 spiro atoms. The standard InChI is InChI=1S/C18H27N3O4/c1-12(22)21-15-9-14(10-16(24-2)17(15)25-3)18(23)20-8-6-13-5-4-7-19-11-13/h9-10,13,19H,4-8,11H2,1-3H3,(H,20,23)(H,21,22). The fraction of sp³-hybridized carbons (Fsp3) is 0.556. The highest BCUT2D eigenvalue weighted by Gasteiger charge is 2.18. The summed E-state index contributed by atoms with van der Waals surface area (Å²) in [6.45, 7) is 4.12. The predicted molar refractivity (Wildman–Crippen MR) is 96.4 cm³/mol. The lowest BCUT2D eigenvalue weighted by atomic mass is 9.96. The second kappa shape index (κ2) is 9.27. The van der Waals surface area contributed by atoms with Crippen LogP contribution in [-0.4, -0.2) is 45.7 Å². The van der Waals surface area contributed by atoms with Gasteiger partial charge in [-0.05, 0) is 50.4 Å². The average molecular weight is 349 g/mol. The van der Waals surface area contributed by atoms with Gasteiger partial charge in [0.2, 0.25) is 5.91 Å². The Balaban J connectivity index is 2.05. The van der Waals surface area contributed by atoms with E-state index in [1.807, 2.05) is 0 Å². The summed E-state index contributed by atoms with van der Waals surface area (Å²) in [5, 5.41) is 8.98. The molecule has 3 N–H and O–H groups in total. The fourth-order valence-electron chi connectivity index (χ4n) is 3.04. The fourth-order valence-corrected chi connectivity index (χ4v) is 3.04. The van der Waals surface area contributed by atoms with Gasteiger partial charge in [-0.25, -0.2) is 0 Å². The summed E-state index contributed by atoms with van der Waals surface area (Å²) in [5.41, 5.74) is 0.833. The summed E-state index contributed by atoms with van der Waals surface area (Å²) in [6, 6.07) is 3.21. The van der Waals surface area contributed by atoms with Crippen LogP contribution in [0.25, 0.3) is 0 Å². The van der Waals surface area contributed by atoms with Gasteiger partial charge in [0, 0.05) is 19.0 Å². The van der Waals surface area contributed by atoms with E-state index in [4.69, 9.17) is 9.47 Å². The molecule has 1 aromatic carbocycles. The summed E-state index contributed by atoms with van der Waals surface area (Å²) in [6.07, 6.45) is 3.34. The average Bonchev–Trinajstić information content (AvgIpc) is 2.61. The molecule has 7 nitrogen and oxygen atoms in total. The van der Waals surface area contributed by atoms with E-state index >= 15 is 0 Å². The Morgan fingerprint density at radius 3 is 2.68 bits per heavy atom. The number of carbonyl (C=O) groups is 2. The first kappa shape index (κ1) is 19.1. The van der Waals surface area contributed by atoms with Crippen LogP contribution in [0.3, 0.4) is 0 Å². The quantitative estimate of drug-likeness (QED) is 0.698. The second-order valence-corrected chi connectivity index (χ2v) is 6.20. The largest absolute Gasteiger partial charge is 0.493 e. The van der Waals surface area contributed by atoms with Gasteiger partial charge in [0.25, 0.3) is 5.91 Å². The van der Waals surface area contributed by atoms with Crippen LogP contribution in [0.1, 0.15) is 36.5 Å². The Morgan fingerprint density at radius 1 is 1.28 bits per heavy atom. The zero-order chi connectivity index (χ0) is 18.2. The minimum atomic E-state index is -0.247.